The zero-order chi connectivity index (χ0) is 13.7. The number of nitrogens with one attached hydrogen (secondary N) is 1. The molecular weight excluding hydrogens is 262 g/mol. The number of aryl methyl sites for hydroxylation is 1. The van der Waals surface area contributed by atoms with E-state index >= 15 is 0 Å². The molecule has 0 bridgehead atoms. The van der Waals surface area contributed by atoms with Gasteiger partial charge in [-0.15, -0.1) is 11.3 Å². The van der Waals surface area contributed by atoms with Crippen LogP contribution in [0.2, 0.25) is 0 Å². The lowest BCUT2D eigenvalue weighted by Crippen LogP contribution is -2.21. The molecule has 0 aromatic carbocycles. The molecule has 0 fully saturated rings. The topological polar surface area (TPSA) is 96.4 Å². The predicted octanol–water partition coefficient (Wildman–Crippen LogP) is 1.23. The van der Waals surface area contributed by atoms with Crippen molar-refractivity contribution in [3.8, 4) is 0 Å². The van der Waals surface area contributed by atoms with E-state index in [-0.39, 0.29) is 5.84 Å². The van der Waals surface area contributed by atoms with Gasteiger partial charge in [0.15, 0.2) is 5.84 Å². The van der Waals surface area contributed by atoms with Crippen molar-refractivity contribution in [1.82, 2.24) is 15.3 Å². The number of nitrogens with zero attached hydrogens (tertiary/aromatic N) is 3. The second-order valence-electron chi connectivity index (χ2n) is 3.95. The van der Waals surface area contributed by atoms with Gasteiger partial charge in [-0.1, -0.05) is 11.2 Å². The molecule has 2 aromatic heterocycles. The first kappa shape index (κ1) is 13.4. The Labute approximate surface area is 115 Å². The quantitative estimate of drug-likeness (QED) is 0.330. The van der Waals surface area contributed by atoms with Crippen LogP contribution in [0.5, 0.6) is 0 Å². The molecule has 2 aromatic rings. The number of aromatic nitrogens is 2. The molecule has 0 aliphatic heterocycles. The van der Waals surface area contributed by atoms with Crippen molar-refractivity contribution in [1.29, 1.82) is 0 Å². The molecule has 2 rings (SSSR count). The van der Waals surface area contributed by atoms with Crippen LogP contribution in [0.4, 0.5) is 0 Å². The van der Waals surface area contributed by atoms with Gasteiger partial charge >= 0.3 is 0 Å². The fraction of sp³-hybridized carbons (Fsp3) is 0.250. The summed E-state index contributed by atoms with van der Waals surface area (Å²) >= 11 is 1.66. The van der Waals surface area contributed by atoms with E-state index in [0.29, 0.717) is 12.2 Å². The second kappa shape index (κ2) is 6.26. The molecule has 0 aliphatic rings. The number of rotatable bonds is 5. The Morgan fingerprint density at radius 1 is 1.47 bits per heavy atom. The summed E-state index contributed by atoms with van der Waals surface area (Å²) in [5, 5.41) is 16.0. The summed E-state index contributed by atoms with van der Waals surface area (Å²) in [4.78, 5) is 9.48. The molecule has 0 atom stereocenters. The summed E-state index contributed by atoms with van der Waals surface area (Å²) in [6.07, 6.45) is 3.48. The van der Waals surface area contributed by atoms with Crippen LogP contribution in [0, 0.1) is 6.92 Å². The molecule has 0 radical (unpaired) electrons. The van der Waals surface area contributed by atoms with E-state index in [1.807, 2.05) is 25.3 Å². The minimum atomic E-state index is 0.0195. The van der Waals surface area contributed by atoms with Crippen LogP contribution in [0.1, 0.15) is 21.1 Å². The van der Waals surface area contributed by atoms with E-state index < -0.39 is 0 Å². The highest BCUT2D eigenvalue weighted by molar-refractivity contribution is 7.11. The third-order valence-electron chi connectivity index (χ3n) is 2.53. The monoisotopic (exact) mass is 277 g/mol. The van der Waals surface area contributed by atoms with Gasteiger partial charge in [0, 0.05) is 30.4 Å². The Morgan fingerprint density at radius 2 is 2.32 bits per heavy atom. The number of pyridine rings is 1. The van der Waals surface area contributed by atoms with Crippen molar-refractivity contribution in [2.45, 2.75) is 20.0 Å². The largest absolute Gasteiger partial charge is 0.409 e. The van der Waals surface area contributed by atoms with E-state index in [2.05, 4.69) is 20.4 Å². The molecule has 2 heterocycles. The number of amidine groups is 1. The maximum atomic E-state index is 8.71. The highest BCUT2D eigenvalue weighted by Crippen LogP contribution is 2.11. The van der Waals surface area contributed by atoms with E-state index in [9.17, 15) is 0 Å². The summed E-state index contributed by atoms with van der Waals surface area (Å²) in [5.41, 5.74) is 6.97. The molecule has 0 unspecified atom stereocenters. The van der Waals surface area contributed by atoms with Gasteiger partial charge in [-0.25, -0.2) is 4.98 Å². The fourth-order valence-corrected chi connectivity index (χ4v) is 2.43. The minimum Gasteiger partial charge on any atom is -0.409 e. The second-order valence-corrected chi connectivity index (χ2v) is 5.26. The van der Waals surface area contributed by atoms with E-state index in [1.54, 1.807) is 17.5 Å². The van der Waals surface area contributed by atoms with Gasteiger partial charge in [-0.2, -0.15) is 0 Å². The van der Waals surface area contributed by atoms with Crippen molar-refractivity contribution in [2.75, 3.05) is 0 Å². The Kier molecular flexibility index (Phi) is 4.43. The van der Waals surface area contributed by atoms with Crippen LogP contribution in [0.3, 0.4) is 0 Å². The maximum Gasteiger partial charge on any atom is 0.189 e. The molecule has 0 saturated carbocycles. The summed E-state index contributed by atoms with van der Waals surface area (Å²) in [5.74, 6) is 0.0195. The van der Waals surface area contributed by atoms with Gasteiger partial charge < -0.3 is 16.3 Å². The average molecular weight is 277 g/mol. The van der Waals surface area contributed by atoms with E-state index in [0.717, 1.165) is 17.1 Å². The molecule has 6 nitrogen and oxygen atoms in total. The van der Waals surface area contributed by atoms with E-state index in [4.69, 9.17) is 10.9 Å². The summed E-state index contributed by atoms with van der Waals surface area (Å²) in [7, 11) is 0. The third kappa shape index (κ3) is 3.49. The smallest absolute Gasteiger partial charge is 0.189 e. The van der Waals surface area contributed by atoms with Gasteiger partial charge in [0.1, 0.15) is 5.69 Å². The van der Waals surface area contributed by atoms with Crippen LogP contribution < -0.4 is 11.1 Å². The predicted molar refractivity (Wildman–Crippen MR) is 74.1 cm³/mol. The Bertz CT molecular complexity index is 581. The Hall–Kier alpha value is -1.99. The molecule has 0 saturated heterocycles. The number of hydrogen-bond donors (Lipinski definition) is 3. The van der Waals surface area contributed by atoms with Gasteiger partial charge in [-0.3, -0.25) is 4.98 Å². The van der Waals surface area contributed by atoms with Crippen molar-refractivity contribution >= 4 is 17.2 Å². The van der Waals surface area contributed by atoms with Gasteiger partial charge in [0.05, 0.1) is 5.01 Å². The first-order chi connectivity index (χ1) is 9.20. The number of thiazole rings is 1. The SMILES string of the molecule is Cc1ncc(CNCc2cccnc2C(N)=NO)s1. The zero-order valence-corrected chi connectivity index (χ0v) is 11.3. The van der Waals surface area contributed by atoms with Crippen molar-refractivity contribution in [2.24, 2.45) is 10.9 Å². The molecule has 0 spiro atoms. The van der Waals surface area contributed by atoms with Crippen LogP contribution >= 0.6 is 11.3 Å². The number of oxime groups is 1. The van der Waals surface area contributed by atoms with Crippen molar-refractivity contribution in [3.05, 3.63) is 45.7 Å². The summed E-state index contributed by atoms with van der Waals surface area (Å²) in [6, 6.07) is 3.72. The standard InChI is InChI=1S/C12H15N5OS/c1-8-16-7-10(19-8)6-14-5-9-3-2-4-15-11(9)12(13)17-18/h2-4,7,14,18H,5-6H2,1H3,(H2,13,17). The molecule has 100 valence electrons. The molecule has 7 heteroatoms. The molecule has 4 N–H and O–H groups in total. The average Bonchev–Trinajstić information content (AvgIpc) is 2.84. The van der Waals surface area contributed by atoms with Crippen LogP contribution in [-0.2, 0) is 13.1 Å². The molecule has 19 heavy (non-hydrogen) atoms. The van der Waals surface area contributed by atoms with Crippen molar-refractivity contribution in [3.63, 3.8) is 0 Å². The number of nitrogens with two attached hydrogens (primary N) is 1. The normalized spacial score (nSPS) is 11.7. The molecule has 0 aliphatic carbocycles. The first-order valence-corrected chi connectivity index (χ1v) is 6.56. The third-order valence-corrected chi connectivity index (χ3v) is 3.44. The minimum absolute atomic E-state index is 0.0195. The van der Waals surface area contributed by atoms with Crippen LogP contribution in [0.15, 0.2) is 29.7 Å². The lowest BCUT2D eigenvalue weighted by atomic mass is 10.2. The molecule has 0 amide bonds. The lowest BCUT2D eigenvalue weighted by molar-refractivity contribution is 0.318. The fourth-order valence-electron chi connectivity index (χ4n) is 1.67. The highest BCUT2D eigenvalue weighted by Gasteiger charge is 2.07. The number of hydrogen-bond acceptors (Lipinski definition) is 6. The Balaban J connectivity index is 2.00. The zero-order valence-electron chi connectivity index (χ0n) is 10.5. The molecular formula is C12H15N5OS. The summed E-state index contributed by atoms with van der Waals surface area (Å²) in [6.45, 7) is 3.30. The maximum absolute atomic E-state index is 8.71. The van der Waals surface area contributed by atoms with E-state index in [1.165, 1.54) is 4.88 Å². The van der Waals surface area contributed by atoms with Crippen molar-refractivity contribution < 1.29 is 5.21 Å². The first-order valence-electron chi connectivity index (χ1n) is 5.74. The Morgan fingerprint density at radius 3 is 3.00 bits per heavy atom. The van der Waals surface area contributed by atoms with Gasteiger partial charge in [-0.05, 0) is 18.6 Å². The van der Waals surface area contributed by atoms with Gasteiger partial charge in [0.2, 0.25) is 0 Å². The lowest BCUT2D eigenvalue weighted by Gasteiger charge is -2.07. The van der Waals surface area contributed by atoms with Crippen LogP contribution in [0.25, 0.3) is 0 Å². The summed E-state index contributed by atoms with van der Waals surface area (Å²) < 4.78 is 0. The van der Waals surface area contributed by atoms with Gasteiger partial charge in [0.25, 0.3) is 0 Å². The highest BCUT2D eigenvalue weighted by atomic mass is 32.1. The van der Waals surface area contributed by atoms with Crippen LogP contribution in [-0.4, -0.2) is 21.0 Å².